The summed E-state index contributed by atoms with van der Waals surface area (Å²) in [4.78, 5) is 0. The summed E-state index contributed by atoms with van der Waals surface area (Å²) in [6.07, 6.45) is 1.70. The molecule has 1 heterocycles. The van der Waals surface area contributed by atoms with E-state index in [9.17, 15) is 5.11 Å². The summed E-state index contributed by atoms with van der Waals surface area (Å²) in [5, 5.41) is 12.9. The number of aliphatic hydroxyl groups excluding tert-OH is 1. The molecule has 1 unspecified atom stereocenters. The van der Waals surface area contributed by atoms with Gasteiger partial charge in [0.15, 0.2) is 0 Å². The third kappa shape index (κ3) is 3.35. The van der Waals surface area contributed by atoms with E-state index in [1.165, 1.54) is 17.0 Å². The van der Waals surface area contributed by atoms with E-state index >= 15 is 0 Å². The Balaban J connectivity index is 2.40. The van der Waals surface area contributed by atoms with Crippen LogP contribution < -0.4 is 5.32 Å². The molecule has 0 aliphatic heterocycles. The molecule has 1 aromatic rings. The minimum atomic E-state index is -0.213. The van der Waals surface area contributed by atoms with Gasteiger partial charge >= 0.3 is 0 Å². The average molecular weight is 224 g/mol. The van der Waals surface area contributed by atoms with Crippen LogP contribution in [0.2, 0.25) is 0 Å². The molecule has 1 rings (SSSR count). The largest absolute Gasteiger partial charge is 0.392 e. The van der Waals surface area contributed by atoms with Crippen LogP contribution in [0.5, 0.6) is 0 Å². The van der Waals surface area contributed by atoms with E-state index in [2.05, 4.69) is 43.8 Å². The number of hydrogen-bond donors (Lipinski definition) is 2. The highest BCUT2D eigenvalue weighted by atomic mass is 16.3. The Morgan fingerprint density at radius 2 is 2.12 bits per heavy atom. The molecule has 3 nitrogen and oxygen atoms in total. The van der Waals surface area contributed by atoms with E-state index in [0.29, 0.717) is 6.54 Å². The highest BCUT2D eigenvalue weighted by molar-refractivity contribution is 5.26. The molecule has 1 atom stereocenters. The quantitative estimate of drug-likeness (QED) is 0.774. The molecule has 0 bridgehead atoms. The van der Waals surface area contributed by atoms with Crippen LogP contribution in [-0.2, 0) is 13.6 Å². The van der Waals surface area contributed by atoms with Gasteiger partial charge in [0, 0.05) is 31.5 Å². The van der Waals surface area contributed by atoms with Crippen molar-refractivity contribution in [2.45, 2.75) is 46.3 Å². The topological polar surface area (TPSA) is 37.2 Å². The fraction of sp³-hybridized carbons (Fsp3) is 0.692. The lowest BCUT2D eigenvalue weighted by Crippen LogP contribution is -2.26. The second-order valence-corrected chi connectivity index (χ2v) is 4.53. The van der Waals surface area contributed by atoms with E-state index in [-0.39, 0.29) is 6.10 Å². The molecule has 0 spiro atoms. The van der Waals surface area contributed by atoms with E-state index in [1.807, 2.05) is 0 Å². The van der Waals surface area contributed by atoms with Gasteiger partial charge in [0.25, 0.3) is 0 Å². The number of rotatable bonds is 6. The van der Waals surface area contributed by atoms with Gasteiger partial charge in [-0.05, 0) is 31.9 Å². The predicted octanol–water partition coefficient (Wildman–Crippen LogP) is 1.89. The van der Waals surface area contributed by atoms with Crippen molar-refractivity contribution in [2.24, 2.45) is 7.05 Å². The van der Waals surface area contributed by atoms with Gasteiger partial charge in [-0.3, -0.25) is 0 Å². The molecule has 92 valence electrons. The first-order chi connectivity index (χ1) is 7.56. The molecule has 16 heavy (non-hydrogen) atoms. The maximum atomic E-state index is 9.59. The molecule has 0 aromatic carbocycles. The molecular formula is C13H24N2O. The van der Waals surface area contributed by atoms with Crippen molar-refractivity contribution in [3.05, 3.63) is 23.0 Å². The summed E-state index contributed by atoms with van der Waals surface area (Å²) in [5.74, 6) is 0. The monoisotopic (exact) mass is 224 g/mol. The smallest absolute Gasteiger partial charge is 0.0664 e. The fourth-order valence-electron chi connectivity index (χ4n) is 1.92. The molecule has 3 heteroatoms. The summed E-state index contributed by atoms with van der Waals surface area (Å²) < 4.78 is 2.19. The Bertz CT molecular complexity index is 331. The summed E-state index contributed by atoms with van der Waals surface area (Å²) in [7, 11) is 2.08. The minimum absolute atomic E-state index is 0.213. The number of aryl methyl sites for hydroxylation is 1. The fourth-order valence-corrected chi connectivity index (χ4v) is 1.92. The average Bonchev–Trinajstić information content (AvgIpc) is 2.47. The summed E-state index contributed by atoms with van der Waals surface area (Å²) in [6.45, 7) is 7.86. The van der Waals surface area contributed by atoms with Crippen LogP contribution >= 0.6 is 0 Å². The van der Waals surface area contributed by atoms with Crippen LogP contribution in [0.25, 0.3) is 0 Å². The van der Waals surface area contributed by atoms with Gasteiger partial charge in [0.1, 0.15) is 0 Å². The molecule has 0 aliphatic rings. The van der Waals surface area contributed by atoms with Crippen LogP contribution in [-0.4, -0.2) is 22.3 Å². The first kappa shape index (κ1) is 13.3. The molecule has 0 amide bonds. The lowest BCUT2D eigenvalue weighted by atomic mass is 10.2. The van der Waals surface area contributed by atoms with Gasteiger partial charge < -0.3 is 15.0 Å². The van der Waals surface area contributed by atoms with Gasteiger partial charge in [0.2, 0.25) is 0 Å². The van der Waals surface area contributed by atoms with Crippen molar-refractivity contribution >= 4 is 0 Å². The van der Waals surface area contributed by atoms with Gasteiger partial charge in [-0.2, -0.15) is 0 Å². The van der Waals surface area contributed by atoms with Crippen LogP contribution in [0.1, 0.15) is 36.7 Å². The summed E-state index contributed by atoms with van der Waals surface area (Å²) in [6, 6.07) is 2.20. The van der Waals surface area contributed by atoms with Crippen LogP contribution in [0.3, 0.4) is 0 Å². The Labute approximate surface area is 98.5 Å². The number of aliphatic hydroxyl groups is 1. The lowest BCUT2D eigenvalue weighted by molar-refractivity contribution is 0.160. The van der Waals surface area contributed by atoms with Crippen molar-refractivity contribution in [1.29, 1.82) is 0 Å². The molecule has 0 radical (unpaired) electrons. The second-order valence-electron chi connectivity index (χ2n) is 4.53. The maximum Gasteiger partial charge on any atom is 0.0664 e. The predicted molar refractivity (Wildman–Crippen MR) is 67.5 cm³/mol. The molecule has 0 saturated heterocycles. The standard InChI is InChI=1S/C13H24N2O/c1-5-6-13(16)9-14-8-12-7-10(2)15(4)11(12)3/h7,13-14,16H,5-6,8-9H2,1-4H3. The van der Waals surface area contributed by atoms with Crippen molar-refractivity contribution < 1.29 is 5.11 Å². The third-order valence-electron chi connectivity index (χ3n) is 3.20. The number of nitrogens with zero attached hydrogens (tertiary/aromatic N) is 1. The Hall–Kier alpha value is -0.800. The van der Waals surface area contributed by atoms with Crippen molar-refractivity contribution in [3.8, 4) is 0 Å². The number of aromatic nitrogens is 1. The Morgan fingerprint density at radius 3 is 2.62 bits per heavy atom. The highest BCUT2D eigenvalue weighted by Gasteiger charge is 2.06. The molecule has 0 saturated carbocycles. The first-order valence-corrected chi connectivity index (χ1v) is 6.06. The van der Waals surface area contributed by atoms with E-state index in [4.69, 9.17) is 0 Å². The third-order valence-corrected chi connectivity index (χ3v) is 3.20. The van der Waals surface area contributed by atoms with Gasteiger partial charge in [-0.25, -0.2) is 0 Å². The van der Waals surface area contributed by atoms with Crippen LogP contribution in [0.15, 0.2) is 6.07 Å². The van der Waals surface area contributed by atoms with E-state index in [0.717, 1.165) is 19.4 Å². The van der Waals surface area contributed by atoms with Gasteiger partial charge in [-0.1, -0.05) is 13.3 Å². The molecule has 1 aromatic heterocycles. The van der Waals surface area contributed by atoms with Crippen molar-refractivity contribution in [1.82, 2.24) is 9.88 Å². The zero-order valence-corrected chi connectivity index (χ0v) is 10.9. The second kappa shape index (κ2) is 6.06. The molecular weight excluding hydrogens is 200 g/mol. The normalized spacial score (nSPS) is 13.1. The van der Waals surface area contributed by atoms with Gasteiger partial charge in [-0.15, -0.1) is 0 Å². The van der Waals surface area contributed by atoms with Crippen molar-refractivity contribution in [3.63, 3.8) is 0 Å². The van der Waals surface area contributed by atoms with Crippen LogP contribution in [0, 0.1) is 13.8 Å². The Morgan fingerprint density at radius 1 is 1.44 bits per heavy atom. The SMILES string of the molecule is CCCC(O)CNCc1cc(C)n(C)c1C. The van der Waals surface area contributed by atoms with E-state index < -0.39 is 0 Å². The van der Waals surface area contributed by atoms with Crippen LogP contribution in [0.4, 0.5) is 0 Å². The van der Waals surface area contributed by atoms with Gasteiger partial charge in [0.05, 0.1) is 6.10 Å². The van der Waals surface area contributed by atoms with E-state index in [1.54, 1.807) is 0 Å². The first-order valence-electron chi connectivity index (χ1n) is 6.06. The molecule has 2 N–H and O–H groups in total. The summed E-state index contributed by atoms with van der Waals surface area (Å²) in [5.41, 5.74) is 3.90. The minimum Gasteiger partial charge on any atom is -0.392 e. The maximum absolute atomic E-state index is 9.59. The molecule has 0 aliphatic carbocycles. The Kier molecular flexibility index (Phi) is 5.03. The highest BCUT2D eigenvalue weighted by Crippen LogP contribution is 2.12. The zero-order valence-electron chi connectivity index (χ0n) is 10.9. The molecule has 0 fully saturated rings. The number of hydrogen-bond acceptors (Lipinski definition) is 2. The summed E-state index contributed by atoms with van der Waals surface area (Å²) >= 11 is 0. The van der Waals surface area contributed by atoms with Crippen molar-refractivity contribution in [2.75, 3.05) is 6.54 Å². The lowest BCUT2D eigenvalue weighted by Gasteiger charge is -2.10. The zero-order chi connectivity index (χ0) is 12.1. The number of nitrogens with one attached hydrogen (secondary N) is 1.